The number of carboxylic acid groups (broad SMARTS) is 1. The zero-order valence-electron chi connectivity index (χ0n) is 8.55. The quantitative estimate of drug-likeness (QED) is 0.708. The molecule has 0 saturated carbocycles. The molecule has 0 aromatic rings. The Morgan fingerprint density at radius 2 is 1.92 bits per heavy atom. The average Bonchev–Trinajstić information content (AvgIpc) is 1.80. The van der Waals surface area contributed by atoms with Crippen LogP contribution in [0.15, 0.2) is 0 Å². The van der Waals surface area contributed by atoms with Crippen LogP contribution >= 0.6 is 0 Å². The molecule has 2 nitrogen and oxygen atoms in total. The molecule has 0 amide bonds. The lowest BCUT2D eigenvalue weighted by Crippen LogP contribution is -2.10. The van der Waals surface area contributed by atoms with Crippen LogP contribution in [0.5, 0.6) is 0 Å². The summed E-state index contributed by atoms with van der Waals surface area (Å²) in [4.78, 5) is 10.3. The van der Waals surface area contributed by atoms with E-state index in [-0.39, 0.29) is 0 Å². The summed E-state index contributed by atoms with van der Waals surface area (Å²) in [7, 11) is 0. The van der Waals surface area contributed by atoms with E-state index in [2.05, 4.69) is 20.8 Å². The fourth-order valence-electron chi connectivity index (χ4n) is 1.08. The highest BCUT2D eigenvalue weighted by molar-refractivity contribution is 5.66. The molecule has 1 unspecified atom stereocenters. The first-order chi connectivity index (χ1) is 5.31. The molecule has 72 valence electrons. The summed E-state index contributed by atoms with van der Waals surface area (Å²) in [6.07, 6.45) is 2.41. The highest BCUT2D eigenvalue weighted by Crippen LogP contribution is 2.24. The lowest BCUT2D eigenvalue weighted by atomic mass is 9.86. The van der Waals surface area contributed by atoms with Crippen molar-refractivity contribution in [1.82, 2.24) is 0 Å². The summed E-state index contributed by atoms with van der Waals surface area (Å²) >= 11 is 0. The van der Waals surface area contributed by atoms with Gasteiger partial charge in [0.15, 0.2) is 0 Å². The van der Waals surface area contributed by atoms with Gasteiger partial charge in [0.1, 0.15) is 0 Å². The number of carbonyl (C=O) groups is 1. The Morgan fingerprint density at radius 1 is 1.42 bits per heavy atom. The van der Waals surface area contributed by atoms with E-state index in [0.29, 0.717) is 17.8 Å². The minimum Gasteiger partial charge on any atom is -0.481 e. The maximum atomic E-state index is 10.3. The third-order valence-electron chi connectivity index (χ3n) is 1.91. The third-order valence-corrected chi connectivity index (χ3v) is 1.91. The van der Waals surface area contributed by atoms with Crippen molar-refractivity contribution >= 4 is 5.97 Å². The van der Waals surface area contributed by atoms with Crippen LogP contribution in [0.2, 0.25) is 0 Å². The first kappa shape index (κ1) is 11.5. The molecule has 1 N–H and O–H groups in total. The second kappa shape index (κ2) is 4.48. The van der Waals surface area contributed by atoms with Gasteiger partial charge in [0.2, 0.25) is 0 Å². The van der Waals surface area contributed by atoms with Crippen LogP contribution in [0.1, 0.15) is 47.0 Å². The highest BCUT2D eigenvalue weighted by Gasteiger charge is 2.14. The van der Waals surface area contributed by atoms with Gasteiger partial charge in [-0.15, -0.1) is 0 Å². The van der Waals surface area contributed by atoms with Crippen LogP contribution in [0.25, 0.3) is 0 Å². The summed E-state index contributed by atoms with van der Waals surface area (Å²) in [6, 6.07) is 0. The van der Waals surface area contributed by atoms with E-state index in [1.54, 1.807) is 0 Å². The van der Waals surface area contributed by atoms with Gasteiger partial charge in [-0.2, -0.15) is 0 Å². The van der Waals surface area contributed by atoms with E-state index in [0.717, 1.165) is 12.8 Å². The topological polar surface area (TPSA) is 37.3 Å². The number of hydrogen-bond donors (Lipinski definition) is 1. The molecule has 0 radical (unpaired) electrons. The predicted octanol–water partition coefficient (Wildman–Crippen LogP) is 2.92. The van der Waals surface area contributed by atoms with Gasteiger partial charge in [0.25, 0.3) is 0 Å². The second-order valence-corrected chi connectivity index (χ2v) is 4.80. The molecule has 0 aromatic carbocycles. The molecule has 0 aliphatic carbocycles. The normalized spacial score (nSPS) is 14.3. The third kappa shape index (κ3) is 7.58. The molecule has 0 aliphatic heterocycles. The smallest absolute Gasteiger partial charge is 0.303 e. The Balaban J connectivity index is 3.57. The van der Waals surface area contributed by atoms with E-state index >= 15 is 0 Å². The van der Waals surface area contributed by atoms with Crippen LogP contribution in [0.3, 0.4) is 0 Å². The summed E-state index contributed by atoms with van der Waals surface area (Å²) in [5.41, 5.74) is 0.326. The Hall–Kier alpha value is -0.530. The van der Waals surface area contributed by atoms with Crippen molar-refractivity contribution in [2.45, 2.75) is 47.0 Å². The van der Waals surface area contributed by atoms with Gasteiger partial charge in [-0.3, -0.25) is 4.79 Å². The van der Waals surface area contributed by atoms with E-state index in [1.807, 2.05) is 6.92 Å². The first-order valence-corrected chi connectivity index (χ1v) is 4.53. The van der Waals surface area contributed by atoms with Crippen molar-refractivity contribution < 1.29 is 9.90 Å². The highest BCUT2D eigenvalue weighted by atomic mass is 16.4. The van der Waals surface area contributed by atoms with Crippen molar-refractivity contribution in [3.63, 3.8) is 0 Å². The molecular weight excluding hydrogens is 152 g/mol. The standard InChI is InChI=1S/C10H20O2/c1-8(7-9(11)12)5-6-10(2,3)4/h8H,5-7H2,1-4H3,(H,11,12). The molecule has 12 heavy (non-hydrogen) atoms. The summed E-state index contributed by atoms with van der Waals surface area (Å²) in [6.45, 7) is 8.54. The Bertz CT molecular complexity index is 144. The fraction of sp³-hybridized carbons (Fsp3) is 0.900. The van der Waals surface area contributed by atoms with Crippen molar-refractivity contribution in [1.29, 1.82) is 0 Å². The average molecular weight is 172 g/mol. The molecule has 2 heteroatoms. The van der Waals surface area contributed by atoms with Crippen LogP contribution in [0.4, 0.5) is 0 Å². The number of hydrogen-bond acceptors (Lipinski definition) is 1. The molecule has 1 atom stereocenters. The first-order valence-electron chi connectivity index (χ1n) is 4.53. The maximum absolute atomic E-state index is 10.3. The minimum absolute atomic E-state index is 0.302. The van der Waals surface area contributed by atoms with Crippen LogP contribution < -0.4 is 0 Å². The lowest BCUT2D eigenvalue weighted by Gasteiger charge is -2.19. The molecule has 0 aliphatic rings. The zero-order valence-corrected chi connectivity index (χ0v) is 8.55. The molecule has 0 bridgehead atoms. The van der Waals surface area contributed by atoms with E-state index in [4.69, 9.17) is 5.11 Å². The SMILES string of the molecule is CC(CCC(C)(C)C)CC(=O)O. The summed E-state index contributed by atoms with van der Waals surface area (Å²) in [5, 5.41) is 8.51. The molecule has 0 aromatic heterocycles. The Labute approximate surface area is 75.0 Å². The second-order valence-electron chi connectivity index (χ2n) is 4.80. The molecule has 0 saturated heterocycles. The molecule has 0 spiro atoms. The summed E-state index contributed by atoms with van der Waals surface area (Å²) < 4.78 is 0. The molecule has 0 rings (SSSR count). The van der Waals surface area contributed by atoms with Gasteiger partial charge in [-0.05, 0) is 24.2 Å². The van der Waals surface area contributed by atoms with Crippen molar-refractivity contribution in [3.05, 3.63) is 0 Å². The van der Waals surface area contributed by atoms with Crippen molar-refractivity contribution in [2.75, 3.05) is 0 Å². The number of rotatable bonds is 4. The Morgan fingerprint density at radius 3 is 2.25 bits per heavy atom. The summed E-state index contributed by atoms with van der Waals surface area (Å²) in [5.74, 6) is -0.377. The lowest BCUT2D eigenvalue weighted by molar-refractivity contribution is -0.138. The Kier molecular flexibility index (Phi) is 4.29. The number of carboxylic acids is 1. The van der Waals surface area contributed by atoms with Crippen LogP contribution in [-0.4, -0.2) is 11.1 Å². The van der Waals surface area contributed by atoms with Gasteiger partial charge in [0, 0.05) is 6.42 Å². The largest absolute Gasteiger partial charge is 0.481 e. The predicted molar refractivity (Wildman–Crippen MR) is 50.1 cm³/mol. The minimum atomic E-state index is -0.684. The van der Waals surface area contributed by atoms with Gasteiger partial charge in [-0.25, -0.2) is 0 Å². The van der Waals surface area contributed by atoms with Gasteiger partial charge < -0.3 is 5.11 Å². The van der Waals surface area contributed by atoms with E-state index < -0.39 is 5.97 Å². The number of aliphatic carboxylic acids is 1. The van der Waals surface area contributed by atoms with Gasteiger partial charge in [0.05, 0.1) is 0 Å². The monoisotopic (exact) mass is 172 g/mol. The zero-order chi connectivity index (χ0) is 9.78. The molecular formula is C10H20O2. The van der Waals surface area contributed by atoms with Crippen LogP contribution in [-0.2, 0) is 4.79 Å². The van der Waals surface area contributed by atoms with Gasteiger partial charge in [-0.1, -0.05) is 27.7 Å². The molecule has 0 fully saturated rings. The molecule has 0 heterocycles. The van der Waals surface area contributed by atoms with Gasteiger partial charge >= 0.3 is 5.97 Å². The maximum Gasteiger partial charge on any atom is 0.303 e. The van der Waals surface area contributed by atoms with Crippen molar-refractivity contribution in [2.24, 2.45) is 11.3 Å². The fourth-order valence-corrected chi connectivity index (χ4v) is 1.08. The van der Waals surface area contributed by atoms with Crippen LogP contribution in [0, 0.1) is 11.3 Å². The van der Waals surface area contributed by atoms with E-state index in [1.165, 1.54) is 0 Å². The van der Waals surface area contributed by atoms with Crippen molar-refractivity contribution in [3.8, 4) is 0 Å². The van der Waals surface area contributed by atoms with E-state index in [9.17, 15) is 4.79 Å².